The molecular formula is C27H27N3O2. The predicted molar refractivity (Wildman–Crippen MR) is 127 cm³/mol. The van der Waals surface area contributed by atoms with Gasteiger partial charge >= 0.3 is 0 Å². The number of imidazole rings is 1. The molecule has 162 valence electrons. The molecule has 0 aliphatic carbocycles. The van der Waals surface area contributed by atoms with E-state index in [2.05, 4.69) is 23.6 Å². The van der Waals surface area contributed by atoms with Crippen molar-refractivity contribution in [2.24, 2.45) is 0 Å². The van der Waals surface area contributed by atoms with E-state index in [1.54, 1.807) is 0 Å². The molecule has 1 aliphatic rings. The van der Waals surface area contributed by atoms with Crippen molar-refractivity contribution in [3.8, 4) is 5.75 Å². The van der Waals surface area contributed by atoms with E-state index in [-0.39, 0.29) is 11.8 Å². The van der Waals surface area contributed by atoms with E-state index in [9.17, 15) is 4.79 Å². The number of fused-ring (bicyclic) bond motifs is 1. The van der Waals surface area contributed by atoms with Crippen LogP contribution in [-0.4, -0.2) is 28.6 Å². The van der Waals surface area contributed by atoms with E-state index in [0.29, 0.717) is 26.1 Å². The van der Waals surface area contributed by atoms with Crippen LogP contribution in [0.15, 0.2) is 72.8 Å². The van der Waals surface area contributed by atoms with Gasteiger partial charge in [-0.15, -0.1) is 0 Å². The van der Waals surface area contributed by atoms with Gasteiger partial charge < -0.3 is 14.2 Å². The molecule has 1 unspecified atom stereocenters. The number of benzene rings is 3. The Kier molecular flexibility index (Phi) is 5.39. The third-order valence-electron chi connectivity index (χ3n) is 6.15. The van der Waals surface area contributed by atoms with E-state index in [1.807, 2.05) is 72.5 Å². The SMILES string of the molecule is Cc1cccc(OCCn2c(C3CC(=O)N(c4ccccc4C)C3)nc3ccccc32)c1. The number of amides is 1. The Labute approximate surface area is 188 Å². The van der Waals surface area contributed by atoms with Crippen molar-refractivity contribution >= 4 is 22.6 Å². The van der Waals surface area contributed by atoms with Crippen molar-refractivity contribution < 1.29 is 9.53 Å². The van der Waals surface area contributed by atoms with E-state index in [1.165, 1.54) is 5.56 Å². The Morgan fingerprint density at radius 3 is 2.66 bits per heavy atom. The Balaban J connectivity index is 1.41. The van der Waals surface area contributed by atoms with Crippen molar-refractivity contribution in [2.75, 3.05) is 18.1 Å². The molecule has 0 radical (unpaired) electrons. The number of hydrogen-bond acceptors (Lipinski definition) is 3. The first-order valence-electron chi connectivity index (χ1n) is 11.1. The Morgan fingerprint density at radius 2 is 1.81 bits per heavy atom. The van der Waals surface area contributed by atoms with Crippen molar-refractivity contribution in [3.63, 3.8) is 0 Å². The monoisotopic (exact) mass is 425 g/mol. The molecule has 0 bridgehead atoms. The zero-order valence-electron chi connectivity index (χ0n) is 18.5. The maximum Gasteiger partial charge on any atom is 0.227 e. The number of carbonyl (C=O) groups is 1. The van der Waals surface area contributed by atoms with Crippen molar-refractivity contribution in [3.05, 3.63) is 89.7 Å². The average Bonchev–Trinajstić information content (AvgIpc) is 3.35. The third-order valence-corrected chi connectivity index (χ3v) is 6.15. The van der Waals surface area contributed by atoms with Crippen LogP contribution in [0.3, 0.4) is 0 Å². The largest absolute Gasteiger partial charge is 0.492 e. The van der Waals surface area contributed by atoms with Gasteiger partial charge in [0.15, 0.2) is 0 Å². The highest BCUT2D eigenvalue weighted by Crippen LogP contribution is 2.34. The van der Waals surface area contributed by atoms with Crippen molar-refractivity contribution in [2.45, 2.75) is 32.7 Å². The lowest BCUT2D eigenvalue weighted by atomic mass is 10.1. The Hall–Kier alpha value is -3.60. The zero-order chi connectivity index (χ0) is 22.1. The molecule has 1 aromatic heterocycles. The highest BCUT2D eigenvalue weighted by molar-refractivity contribution is 5.97. The van der Waals surface area contributed by atoms with Gasteiger partial charge in [-0.1, -0.05) is 42.5 Å². The first-order chi connectivity index (χ1) is 15.6. The van der Waals surface area contributed by atoms with Gasteiger partial charge in [0.25, 0.3) is 0 Å². The summed E-state index contributed by atoms with van der Waals surface area (Å²) in [4.78, 5) is 19.8. The number of carbonyl (C=O) groups excluding carboxylic acids is 1. The molecule has 5 heteroatoms. The highest BCUT2D eigenvalue weighted by Gasteiger charge is 2.35. The summed E-state index contributed by atoms with van der Waals surface area (Å²) in [5.74, 6) is 2.04. The predicted octanol–water partition coefficient (Wildman–Crippen LogP) is 5.25. The van der Waals surface area contributed by atoms with Gasteiger partial charge in [-0.2, -0.15) is 0 Å². The minimum absolute atomic E-state index is 0.0495. The Morgan fingerprint density at radius 1 is 1.00 bits per heavy atom. The summed E-state index contributed by atoms with van der Waals surface area (Å²) in [7, 11) is 0. The summed E-state index contributed by atoms with van der Waals surface area (Å²) in [5, 5.41) is 0. The van der Waals surface area contributed by atoms with Crippen LogP contribution in [0, 0.1) is 13.8 Å². The number of para-hydroxylation sites is 3. The third kappa shape index (κ3) is 3.86. The van der Waals surface area contributed by atoms with Crippen LogP contribution >= 0.6 is 0 Å². The fourth-order valence-corrected chi connectivity index (χ4v) is 4.58. The summed E-state index contributed by atoms with van der Waals surface area (Å²) < 4.78 is 8.25. The van der Waals surface area contributed by atoms with Crippen LogP contribution in [0.2, 0.25) is 0 Å². The van der Waals surface area contributed by atoms with E-state index in [4.69, 9.17) is 9.72 Å². The fraction of sp³-hybridized carbons (Fsp3) is 0.259. The molecule has 1 amide bonds. The molecule has 0 spiro atoms. The topological polar surface area (TPSA) is 47.4 Å². The smallest absolute Gasteiger partial charge is 0.227 e. The Bertz CT molecular complexity index is 1280. The quantitative estimate of drug-likeness (QED) is 0.424. The summed E-state index contributed by atoms with van der Waals surface area (Å²) in [5.41, 5.74) is 5.32. The second-order valence-corrected chi connectivity index (χ2v) is 8.47. The second kappa shape index (κ2) is 8.50. The fourth-order valence-electron chi connectivity index (χ4n) is 4.58. The maximum absolute atomic E-state index is 12.9. The van der Waals surface area contributed by atoms with Crippen LogP contribution in [0.25, 0.3) is 11.0 Å². The van der Waals surface area contributed by atoms with E-state index < -0.39 is 0 Å². The van der Waals surface area contributed by atoms with E-state index in [0.717, 1.165) is 33.9 Å². The van der Waals surface area contributed by atoms with Crippen LogP contribution in [0.5, 0.6) is 5.75 Å². The summed E-state index contributed by atoms with van der Waals surface area (Å²) in [6.07, 6.45) is 0.469. The van der Waals surface area contributed by atoms with Gasteiger partial charge in [-0.25, -0.2) is 4.98 Å². The average molecular weight is 426 g/mol. The zero-order valence-corrected chi connectivity index (χ0v) is 18.5. The molecule has 1 saturated heterocycles. The second-order valence-electron chi connectivity index (χ2n) is 8.47. The van der Waals surface area contributed by atoms with Gasteiger partial charge in [0.05, 0.1) is 17.6 Å². The molecule has 1 aliphatic heterocycles. The van der Waals surface area contributed by atoms with Crippen LogP contribution in [0.1, 0.15) is 29.3 Å². The lowest BCUT2D eigenvalue weighted by Gasteiger charge is -2.19. The molecule has 32 heavy (non-hydrogen) atoms. The molecule has 2 heterocycles. The number of ether oxygens (including phenoxy) is 1. The summed E-state index contributed by atoms with van der Waals surface area (Å²) in [6, 6.07) is 24.3. The molecule has 4 aromatic rings. The molecule has 1 atom stereocenters. The molecular weight excluding hydrogens is 398 g/mol. The molecule has 0 saturated carbocycles. The van der Waals surface area contributed by atoms with Gasteiger partial charge in [0.1, 0.15) is 18.2 Å². The number of rotatable bonds is 6. The molecule has 1 fully saturated rings. The van der Waals surface area contributed by atoms with Crippen molar-refractivity contribution in [1.29, 1.82) is 0 Å². The minimum atomic E-state index is 0.0495. The molecule has 5 rings (SSSR count). The standard InChI is InChI=1S/C27H27N3O2/c1-19-8-7-10-22(16-19)32-15-14-29-25-13-6-4-11-23(25)28-27(29)21-17-26(31)30(18-21)24-12-5-3-9-20(24)2/h3-13,16,21H,14-15,17-18H2,1-2H3. The number of hydrogen-bond donors (Lipinski definition) is 0. The van der Waals surface area contributed by atoms with Gasteiger partial charge in [-0.05, 0) is 55.3 Å². The van der Waals surface area contributed by atoms with Gasteiger partial charge in [-0.3, -0.25) is 4.79 Å². The molecule has 0 N–H and O–H groups in total. The highest BCUT2D eigenvalue weighted by atomic mass is 16.5. The van der Waals surface area contributed by atoms with Gasteiger partial charge in [0, 0.05) is 24.6 Å². The number of aromatic nitrogens is 2. The van der Waals surface area contributed by atoms with Gasteiger partial charge in [0.2, 0.25) is 5.91 Å². The van der Waals surface area contributed by atoms with Crippen LogP contribution in [0.4, 0.5) is 5.69 Å². The first-order valence-corrected chi connectivity index (χ1v) is 11.1. The summed E-state index contributed by atoms with van der Waals surface area (Å²) >= 11 is 0. The molecule has 3 aromatic carbocycles. The maximum atomic E-state index is 12.9. The minimum Gasteiger partial charge on any atom is -0.492 e. The lowest BCUT2D eigenvalue weighted by molar-refractivity contribution is -0.117. The molecule has 5 nitrogen and oxygen atoms in total. The van der Waals surface area contributed by atoms with Crippen LogP contribution in [-0.2, 0) is 11.3 Å². The van der Waals surface area contributed by atoms with E-state index >= 15 is 0 Å². The number of anilines is 1. The normalized spacial score (nSPS) is 16.1. The number of aryl methyl sites for hydroxylation is 2. The lowest BCUT2D eigenvalue weighted by Crippen LogP contribution is -2.25. The van der Waals surface area contributed by atoms with Crippen molar-refractivity contribution in [1.82, 2.24) is 9.55 Å². The van der Waals surface area contributed by atoms with Crippen LogP contribution < -0.4 is 9.64 Å². The summed E-state index contributed by atoms with van der Waals surface area (Å²) in [6.45, 7) is 5.98. The number of nitrogens with zero attached hydrogens (tertiary/aromatic N) is 3. The first kappa shape index (κ1) is 20.3.